The molecule has 0 aromatic rings. The van der Waals surface area contributed by atoms with Crippen molar-refractivity contribution in [3.63, 3.8) is 0 Å². The maximum Gasteiger partial charge on any atom is 0.306 e. The van der Waals surface area contributed by atoms with Gasteiger partial charge in [0.05, 0.1) is 0 Å². The van der Waals surface area contributed by atoms with Crippen LogP contribution in [0.3, 0.4) is 0 Å². The molecule has 1 radical (unpaired) electrons. The van der Waals surface area contributed by atoms with Crippen LogP contribution in [0.15, 0.2) is 0 Å². The predicted octanol–water partition coefficient (Wildman–Crippen LogP) is 1.94. The first-order valence-corrected chi connectivity index (χ1v) is 3.45. The second-order valence-corrected chi connectivity index (χ2v) is 3.20. The molecule has 0 atom stereocenters. The summed E-state index contributed by atoms with van der Waals surface area (Å²) in [5, 5.41) is 0. The minimum atomic E-state index is -0.347. The highest BCUT2D eigenvalue weighted by Crippen LogP contribution is 2.08. The molecule has 0 unspecified atom stereocenters. The van der Waals surface area contributed by atoms with Crippen molar-refractivity contribution in [1.82, 2.24) is 0 Å². The summed E-state index contributed by atoms with van der Waals surface area (Å²) in [4.78, 5) is 10.8. The van der Waals surface area contributed by atoms with Crippen molar-refractivity contribution < 1.29 is 9.53 Å². The van der Waals surface area contributed by atoms with Gasteiger partial charge in [0.25, 0.3) is 0 Å². The number of hydrogen-bond acceptors (Lipinski definition) is 2. The van der Waals surface area contributed by atoms with Gasteiger partial charge < -0.3 is 4.74 Å². The summed E-state index contributed by atoms with van der Waals surface area (Å²) in [5.41, 5.74) is -0.347. The van der Waals surface area contributed by atoms with Gasteiger partial charge in [0.2, 0.25) is 0 Å². The summed E-state index contributed by atoms with van der Waals surface area (Å²) < 4.78 is 5.01. The van der Waals surface area contributed by atoms with Gasteiger partial charge in [0, 0.05) is 6.42 Å². The molecule has 59 valence electrons. The van der Waals surface area contributed by atoms with Crippen LogP contribution in [0.5, 0.6) is 0 Å². The van der Waals surface area contributed by atoms with Crippen molar-refractivity contribution in [2.45, 2.75) is 39.7 Å². The van der Waals surface area contributed by atoms with Crippen LogP contribution in [0.1, 0.15) is 34.1 Å². The molecule has 0 rings (SSSR count). The Balaban J connectivity index is 3.58. The molecule has 0 aromatic heterocycles. The molecule has 0 spiro atoms. The van der Waals surface area contributed by atoms with Gasteiger partial charge in [-0.15, -0.1) is 0 Å². The third-order valence-electron chi connectivity index (χ3n) is 0.791. The lowest BCUT2D eigenvalue weighted by Crippen LogP contribution is -2.23. The zero-order valence-corrected chi connectivity index (χ0v) is 7.10. The molecule has 0 aromatic carbocycles. The van der Waals surface area contributed by atoms with Crippen LogP contribution in [0.2, 0.25) is 0 Å². The average molecular weight is 143 g/mol. The van der Waals surface area contributed by atoms with E-state index in [-0.39, 0.29) is 11.6 Å². The SMILES string of the molecule is C[CH]CC(=O)OC(C)(C)C. The zero-order chi connectivity index (χ0) is 8.20. The number of esters is 1. The van der Waals surface area contributed by atoms with Crippen LogP contribution in [-0.4, -0.2) is 11.6 Å². The van der Waals surface area contributed by atoms with Gasteiger partial charge >= 0.3 is 5.97 Å². The molecule has 0 aliphatic carbocycles. The second-order valence-electron chi connectivity index (χ2n) is 3.20. The van der Waals surface area contributed by atoms with E-state index in [0.29, 0.717) is 6.42 Å². The molecule has 2 heteroatoms. The largest absolute Gasteiger partial charge is 0.460 e. The van der Waals surface area contributed by atoms with Gasteiger partial charge in [-0.25, -0.2) is 0 Å². The summed E-state index contributed by atoms with van der Waals surface area (Å²) in [6, 6.07) is 0. The molecular weight excluding hydrogens is 128 g/mol. The highest BCUT2D eigenvalue weighted by Gasteiger charge is 2.14. The monoisotopic (exact) mass is 143 g/mol. The van der Waals surface area contributed by atoms with Gasteiger partial charge in [-0.05, 0) is 27.2 Å². The molecule has 10 heavy (non-hydrogen) atoms. The fourth-order valence-corrected chi connectivity index (χ4v) is 0.550. The Hall–Kier alpha value is -0.530. The minimum Gasteiger partial charge on any atom is -0.460 e. The van der Waals surface area contributed by atoms with E-state index >= 15 is 0 Å². The van der Waals surface area contributed by atoms with Crippen molar-refractivity contribution in [1.29, 1.82) is 0 Å². The van der Waals surface area contributed by atoms with Crippen molar-refractivity contribution in [3.8, 4) is 0 Å². The Morgan fingerprint density at radius 1 is 1.50 bits per heavy atom. The third-order valence-corrected chi connectivity index (χ3v) is 0.791. The van der Waals surface area contributed by atoms with Crippen molar-refractivity contribution >= 4 is 5.97 Å². The number of carbonyl (C=O) groups is 1. The van der Waals surface area contributed by atoms with E-state index in [2.05, 4.69) is 0 Å². The first-order valence-electron chi connectivity index (χ1n) is 3.45. The smallest absolute Gasteiger partial charge is 0.306 e. The molecule has 0 aliphatic heterocycles. The Labute approximate surface area is 62.6 Å². The maximum absolute atomic E-state index is 10.8. The molecule has 0 saturated carbocycles. The van der Waals surface area contributed by atoms with E-state index in [4.69, 9.17) is 4.74 Å². The third kappa shape index (κ3) is 5.60. The Kier molecular flexibility index (Phi) is 3.40. The highest BCUT2D eigenvalue weighted by atomic mass is 16.6. The highest BCUT2D eigenvalue weighted by molar-refractivity contribution is 5.70. The molecule has 0 saturated heterocycles. The van der Waals surface area contributed by atoms with Crippen molar-refractivity contribution in [2.24, 2.45) is 0 Å². The summed E-state index contributed by atoms with van der Waals surface area (Å²) in [6.45, 7) is 7.42. The maximum atomic E-state index is 10.8. The lowest BCUT2D eigenvalue weighted by molar-refractivity contribution is -0.153. The quantitative estimate of drug-likeness (QED) is 0.552. The zero-order valence-electron chi connectivity index (χ0n) is 7.10. The molecule has 0 bridgehead atoms. The molecule has 2 nitrogen and oxygen atoms in total. The normalized spacial score (nSPS) is 11.2. The van der Waals surface area contributed by atoms with E-state index in [1.54, 1.807) is 6.42 Å². The number of rotatable bonds is 2. The topological polar surface area (TPSA) is 26.3 Å². The van der Waals surface area contributed by atoms with E-state index in [1.165, 1.54) is 0 Å². The molecule has 0 fully saturated rings. The van der Waals surface area contributed by atoms with Gasteiger partial charge in [-0.1, -0.05) is 6.92 Å². The van der Waals surface area contributed by atoms with Crippen LogP contribution in [0.25, 0.3) is 0 Å². The van der Waals surface area contributed by atoms with E-state index < -0.39 is 0 Å². The van der Waals surface area contributed by atoms with E-state index in [9.17, 15) is 4.79 Å². The van der Waals surface area contributed by atoms with Crippen LogP contribution >= 0.6 is 0 Å². The Bertz CT molecular complexity index is 111. The summed E-state index contributed by atoms with van der Waals surface area (Å²) in [6.07, 6.45) is 2.19. The van der Waals surface area contributed by atoms with Crippen molar-refractivity contribution in [2.75, 3.05) is 0 Å². The standard InChI is InChI=1S/C8H15O2/c1-5-6-7(9)10-8(2,3)4/h5H,6H2,1-4H3. The second kappa shape index (κ2) is 3.59. The summed E-state index contributed by atoms with van der Waals surface area (Å²) in [5.74, 6) is -0.157. The molecular formula is C8H15O2. The number of hydrogen-bond donors (Lipinski definition) is 0. The molecule has 0 aliphatic rings. The lowest BCUT2D eigenvalue weighted by atomic mass is 10.2. The lowest BCUT2D eigenvalue weighted by Gasteiger charge is -2.18. The van der Waals surface area contributed by atoms with E-state index in [1.807, 2.05) is 27.7 Å². The van der Waals surface area contributed by atoms with Gasteiger partial charge in [0.1, 0.15) is 5.60 Å². The molecule has 0 amide bonds. The van der Waals surface area contributed by atoms with Crippen LogP contribution < -0.4 is 0 Å². The summed E-state index contributed by atoms with van der Waals surface area (Å²) in [7, 11) is 0. The number of carbonyl (C=O) groups excluding carboxylic acids is 1. The molecule has 0 heterocycles. The van der Waals surface area contributed by atoms with E-state index in [0.717, 1.165) is 0 Å². The average Bonchev–Trinajstić information content (AvgIpc) is 1.59. The Morgan fingerprint density at radius 3 is 2.30 bits per heavy atom. The van der Waals surface area contributed by atoms with Crippen LogP contribution in [-0.2, 0) is 9.53 Å². The summed E-state index contributed by atoms with van der Waals surface area (Å²) >= 11 is 0. The van der Waals surface area contributed by atoms with Gasteiger partial charge in [-0.3, -0.25) is 4.79 Å². The minimum absolute atomic E-state index is 0.157. The first kappa shape index (κ1) is 9.47. The van der Waals surface area contributed by atoms with Crippen LogP contribution in [0, 0.1) is 6.42 Å². The fourth-order valence-electron chi connectivity index (χ4n) is 0.550. The predicted molar refractivity (Wildman–Crippen MR) is 40.4 cm³/mol. The number of ether oxygens (including phenoxy) is 1. The van der Waals surface area contributed by atoms with Crippen LogP contribution in [0.4, 0.5) is 0 Å². The van der Waals surface area contributed by atoms with Crippen molar-refractivity contribution in [3.05, 3.63) is 6.42 Å². The molecule has 0 N–H and O–H groups in total. The van der Waals surface area contributed by atoms with Gasteiger partial charge in [-0.2, -0.15) is 0 Å². The first-order chi connectivity index (χ1) is 4.45. The fraction of sp³-hybridized carbons (Fsp3) is 0.750. The van der Waals surface area contributed by atoms with Gasteiger partial charge in [0.15, 0.2) is 0 Å². The Morgan fingerprint density at radius 2 is 2.00 bits per heavy atom.